The molecule has 2 aliphatic rings. The van der Waals surface area contributed by atoms with Crippen molar-refractivity contribution in [3.63, 3.8) is 0 Å². The van der Waals surface area contributed by atoms with E-state index in [2.05, 4.69) is 23.6 Å². The maximum atomic E-state index is 13.2. The topological polar surface area (TPSA) is 78.5 Å². The van der Waals surface area contributed by atoms with Crippen molar-refractivity contribution >= 4 is 17.7 Å². The van der Waals surface area contributed by atoms with Gasteiger partial charge in [-0.25, -0.2) is 0 Å². The Hall–Kier alpha value is -2.37. The standard InChI is InChI=1S/C24H35N3O3/c1-3-4-15-25-23(30)24(13-8-5-9-14-24)26-22(29)17-21-20-11-7-6-10-19(20)12-16-27(21)18(2)28/h6-7,10-11,21H,3-5,8-9,12-17H2,1-2H3,(H,25,30)(H,26,29). The van der Waals surface area contributed by atoms with Crippen LogP contribution in [0.3, 0.4) is 0 Å². The molecule has 30 heavy (non-hydrogen) atoms. The summed E-state index contributed by atoms with van der Waals surface area (Å²) in [6.45, 7) is 4.91. The Morgan fingerprint density at radius 1 is 1.13 bits per heavy atom. The summed E-state index contributed by atoms with van der Waals surface area (Å²) in [5.41, 5.74) is 1.41. The minimum absolute atomic E-state index is 0.0213. The van der Waals surface area contributed by atoms with E-state index in [0.717, 1.165) is 44.1 Å². The Balaban J connectivity index is 1.75. The van der Waals surface area contributed by atoms with Gasteiger partial charge < -0.3 is 15.5 Å². The molecule has 164 valence electrons. The molecule has 0 aromatic heterocycles. The van der Waals surface area contributed by atoms with Gasteiger partial charge in [-0.05, 0) is 36.8 Å². The summed E-state index contributed by atoms with van der Waals surface area (Å²) < 4.78 is 0. The van der Waals surface area contributed by atoms with Gasteiger partial charge in [-0.1, -0.05) is 56.9 Å². The number of benzene rings is 1. The van der Waals surface area contributed by atoms with Crippen LogP contribution in [0.25, 0.3) is 0 Å². The van der Waals surface area contributed by atoms with Gasteiger partial charge in [0.15, 0.2) is 0 Å². The number of carbonyl (C=O) groups is 3. The second-order valence-corrected chi connectivity index (χ2v) is 8.68. The smallest absolute Gasteiger partial charge is 0.245 e. The highest BCUT2D eigenvalue weighted by Gasteiger charge is 2.41. The van der Waals surface area contributed by atoms with Crippen LogP contribution < -0.4 is 10.6 Å². The maximum Gasteiger partial charge on any atom is 0.245 e. The molecule has 0 bridgehead atoms. The number of amides is 3. The minimum atomic E-state index is -0.821. The molecular weight excluding hydrogens is 378 g/mol. The maximum absolute atomic E-state index is 13.2. The number of nitrogens with one attached hydrogen (secondary N) is 2. The average molecular weight is 414 g/mol. The molecular formula is C24H35N3O3. The van der Waals surface area contributed by atoms with Crippen molar-refractivity contribution in [3.8, 4) is 0 Å². The van der Waals surface area contributed by atoms with Gasteiger partial charge >= 0.3 is 0 Å². The zero-order valence-corrected chi connectivity index (χ0v) is 18.3. The zero-order valence-electron chi connectivity index (χ0n) is 18.3. The summed E-state index contributed by atoms with van der Waals surface area (Å²) in [5, 5.41) is 6.14. The lowest BCUT2D eigenvalue weighted by Gasteiger charge is -2.39. The van der Waals surface area contributed by atoms with Crippen LogP contribution in [0.1, 0.15) is 82.4 Å². The number of unbranched alkanes of at least 4 members (excludes halogenated alkanes) is 1. The second kappa shape index (κ2) is 10.1. The molecule has 6 nitrogen and oxygen atoms in total. The van der Waals surface area contributed by atoms with E-state index in [4.69, 9.17) is 0 Å². The molecule has 1 aliphatic carbocycles. The van der Waals surface area contributed by atoms with Gasteiger partial charge in [0.05, 0.1) is 12.5 Å². The molecule has 2 N–H and O–H groups in total. The summed E-state index contributed by atoms with van der Waals surface area (Å²) in [4.78, 5) is 40.2. The highest BCUT2D eigenvalue weighted by molar-refractivity contribution is 5.92. The Labute approximate surface area is 179 Å². The average Bonchev–Trinajstić information content (AvgIpc) is 2.74. The van der Waals surface area contributed by atoms with E-state index in [1.54, 1.807) is 11.8 Å². The van der Waals surface area contributed by atoms with Gasteiger partial charge in [0.25, 0.3) is 0 Å². The van der Waals surface area contributed by atoms with Crippen LogP contribution in [-0.2, 0) is 20.8 Å². The summed E-state index contributed by atoms with van der Waals surface area (Å²) in [5.74, 6) is -0.237. The first-order valence-corrected chi connectivity index (χ1v) is 11.4. The number of fused-ring (bicyclic) bond motifs is 1. The van der Waals surface area contributed by atoms with Gasteiger partial charge in [-0.15, -0.1) is 0 Å². The molecule has 0 spiro atoms. The van der Waals surface area contributed by atoms with Gasteiger partial charge in [0.1, 0.15) is 5.54 Å². The van der Waals surface area contributed by atoms with Crippen molar-refractivity contribution in [3.05, 3.63) is 35.4 Å². The second-order valence-electron chi connectivity index (χ2n) is 8.68. The number of carbonyl (C=O) groups excluding carboxylic acids is 3. The van der Waals surface area contributed by atoms with Crippen LogP contribution in [0, 0.1) is 0 Å². The quantitative estimate of drug-likeness (QED) is 0.674. The van der Waals surface area contributed by atoms with Crippen molar-refractivity contribution in [2.45, 2.75) is 83.2 Å². The van der Waals surface area contributed by atoms with Crippen LogP contribution in [0.4, 0.5) is 0 Å². The fourth-order valence-electron chi connectivity index (χ4n) is 4.85. The van der Waals surface area contributed by atoms with E-state index < -0.39 is 5.54 Å². The van der Waals surface area contributed by atoms with Crippen LogP contribution >= 0.6 is 0 Å². The van der Waals surface area contributed by atoms with Crippen molar-refractivity contribution in [1.82, 2.24) is 15.5 Å². The lowest BCUT2D eigenvalue weighted by molar-refractivity contribution is -0.137. The summed E-state index contributed by atoms with van der Waals surface area (Å²) >= 11 is 0. The van der Waals surface area contributed by atoms with Crippen molar-refractivity contribution in [1.29, 1.82) is 0 Å². The van der Waals surface area contributed by atoms with Gasteiger partial charge in [-0.3, -0.25) is 14.4 Å². The monoisotopic (exact) mass is 413 g/mol. The first-order valence-electron chi connectivity index (χ1n) is 11.4. The fourth-order valence-corrected chi connectivity index (χ4v) is 4.85. The molecule has 6 heteroatoms. The van der Waals surface area contributed by atoms with E-state index in [0.29, 0.717) is 25.9 Å². The van der Waals surface area contributed by atoms with E-state index >= 15 is 0 Å². The molecule has 3 amide bonds. The SMILES string of the molecule is CCCCNC(=O)C1(NC(=O)CC2c3ccccc3CCN2C(C)=O)CCCCC1. The molecule has 0 radical (unpaired) electrons. The van der Waals surface area contributed by atoms with Crippen molar-refractivity contribution in [2.75, 3.05) is 13.1 Å². The van der Waals surface area contributed by atoms with E-state index in [1.165, 1.54) is 5.56 Å². The Bertz CT molecular complexity index is 771. The fraction of sp³-hybridized carbons (Fsp3) is 0.625. The van der Waals surface area contributed by atoms with Crippen molar-refractivity contribution in [2.24, 2.45) is 0 Å². The zero-order chi connectivity index (χ0) is 21.6. The third kappa shape index (κ3) is 5.02. The lowest BCUT2D eigenvalue weighted by Crippen LogP contribution is -2.60. The molecule has 1 fully saturated rings. The largest absolute Gasteiger partial charge is 0.354 e. The third-order valence-electron chi connectivity index (χ3n) is 6.53. The Kier molecular flexibility index (Phi) is 7.51. The third-order valence-corrected chi connectivity index (χ3v) is 6.53. The Morgan fingerprint density at radius 3 is 2.57 bits per heavy atom. The van der Waals surface area contributed by atoms with E-state index in [9.17, 15) is 14.4 Å². The predicted octanol–water partition coefficient (Wildman–Crippen LogP) is 3.26. The van der Waals surface area contributed by atoms with E-state index in [-0.39, 0.29) is 30.2 Å². The lowest BCUT2D eigenvalue weighted by atomic mass is 9.80. The van der Waals surface area contributed by atoms with Crippen LogP contribution in [0.5, 0.6) is 0 Å². The molecule has 1 aromatic rings. The van der Waals surface area contributed by atoms with Gasteiger partial charge in [-0.2, -0.15) is 0 Å². The van der Waals surface area contributed by atoms with Crippen LogP contribution in [-0.4, -0.2) is 41.2 Å². The number of hydrogen-bond acceptors (Lipinski definition) is 3. The Morgan fingerprint density at radius 2 is 1.87 bits per heavy atom. The van der Waals surface area contributed by atoms with Crippen LogP contribution in [0.2, 0.25) is 0 Å². The molecule has 1 saturated carbocycles. The molecule has 0 saturated heterocycles. The normalized spacial score (nSPS) is 20.2. The van der Waals surface area contributed by atoms with Crippen LogP contribution in [0.15, 0.2) is 24.3 Å². The highest BCUT2D eigenvalue weighted by atomic mass is 16.2. The van der Waals surface area contributed by atoms with Crippen molar-refractivity contribution < 1.29 is 14.4 Å². The van der Waals surface area contributed by atoms with Gasteiger partial charge in [0.2, 0.25) is 17.7 Å². The summed E-state index contributed by atoms with van der Waals surface area (Å²) in [6, 6.07) is 7.75. The number of hydrogen-bond donors (Lipinski definition) is 2. The van der Waals surface area contributed by atoms with E-state index in [1.807, 2.05) is 18.2 Å². The minimum Gasteiger partial charge on any atom is -0.354 e. The molecule has 3 rings (SSSR count). The molecule has 1 aliphatic heterocycles. The molecule has 1 aromatic carbocycles. The molecule has 1 unspecified atom stereocenters. The number of nitrogens with zero attached hydrogens (tertiary/aromatic N) is 1. The predicted molar refractivity (Wildman–Crippen MR) is 117 cm³/mol. The number of rotatable bonds is 7. The first kappa shape index (κ1) is 22.3. The summed E-state index contributed by atoms with van der Waals surface area (Å²) in [7, 11) is 0. The first-order chi connectivity index (χ1) is 14.5. The molecule has 1 atom stereocenters. The molecule has 1 heterocycles. The highest BCUT2D eigenvalue weighted by Crippen LogP contribution is 2.34. The van der Waals surface area contributed by atoms with Gasteiger partial charge in [0, 0.05) is 20.0 Å². The summed E-state index contributed by atoms with van der Waals surface area (Å²) in [6.07, 6.45) is 7.25.